The number of benzene rings is 2. The van der Waals surface area contributed by atoms with Crippen LogP contribution in [0.1, 0.15) is 16.7 Å². The normalized spacial score (nSPS) is 9.55. The first-order valence-corrected chi connectivity index (χ1v) is 7.28. The quantitative estimate of drug-likeness (QED) is 0.625. The zero-order valence-corrected chi connectivity index (χ0v) is 13.0. The summed E-state index contributed by atoms with van der Waals surface area (Å²) in [6.45, 7) is 0. The van der Waals surface area contributed by atoms with Crippen molar-refractivity contribution in [3.63, 3.8) is 0 Å². The molecule has 0 aliphatic carbocycles. The third-order valence-electron chi connectivity index (χ3n) is 2.85. The molecule has 2 rings (SSSR count). The van der Waals surface area contributed by atoms with Gasteiger partial charge in [-0.15, -0.1) is 0 Å². The number of alkyl halides is 1. The Bertz CT molecular complexity index is 636. The molecule has 2 aromatic carbocycles. The Morgan fingerprint density at radius 3 is 2.30 bits per heavy atom. The van der Waals surface area contributed by atoms with E-state index in [0.29, 0.717) is 0 Å². The molecule has 0 aromatic heterocycles. The second kappa shape index (κ2) is 7.02. The van der Waals surface area contributed by atoms with Crippen molar-refractivity contribution in [2.45, 2.75) is 5.33 Å². The lowest BCUT2D eigenvalue weighted by Crippen LogP contribution is -1.90. The molecule has 2 nitrogen and oxygen atoms in total. The van der Waals surface area contributed by atoms with Crippen LogP contribution in [0.3, 0.4) is 0 Å². The molecule has 0 aliphatic rings. The second-order valence-electron chi connectivity index (χ2n) is 4.15. The maximum atomic E-state index is 5.37. The van der Waals surface area contributed by atoms with Crippen molar-refractivity contribution in [1.82, 2.24) is 0 Å². The van der Waals surface area contributed by atoms with Crippen LogP contribution >= 0.6 is 15.9 Å². The molecule has 0 radical (unpaired) electrons. The predicted molar refractivity (Wildman–Crippen MR) is 84.6 cm³/mol. The van der Waals surface area contributed by atoms with Gasteiger partial charge in [0.2, 0.25) is 0 Å². The average molecular weight is 331 g/mol. The second-order valence-corrected chi connectivity index (χ2v) is 4.71. The van der Waals surface area contributed by atoms with Crippen LogP contribution in [0.4, 0.5) is 0 Å². The largest absolute Gasteiger partial charge is 0.497 e. The highest BCUT2D eigenvalue weighted by Crippen LogP contribution is 2.21. The summed E-state index contributed by atoms with van der Waals surface area (Å²) in [5.41, 5.74) is 2.99. The van der Waals surface area contributed by atoms with Gasteiger partial charge in [-0.25, -0.2) is 0 Å². The summed E-state index contributed by atoms with van der Waals surface area (Å²) in [6, 6.07) is 13.7. The highest BCUT2D eigenvalue weighted by Gasteiger charge is 2.01. The van der Waals surface area contributed by atoms with E-state index in [1.165, 1.54) is 0 Å². The van der Waals surface area contributed by atoms with E-state index in [2.05, 4.69) is 27.8 Å². The molecule has 3 heteroatoms. The van der Waals surface area contributed by atoms with Gasteiger partial charge in [-0.1, -0.05) is 33.8 Å². The molecule has 0 spiro atoms. The van der Waals surface area contributed by atoms with Gasteiger partial charge in [-0.05, 0) is 42.0 Å². The first-order valence-electron chi connectivity index (χ1n) is 6.15. The van der Waals surface area contributed by atoms with Gasteiger partial charge in [0.25, 0.3) is 0 Å². The molecule has 0 N–H and O–H groups in total. The Balaban J connectivity index is 2.27. The Morgan fingerprint density at radius 2 is 1.70 bits per heavy atom. The monoisotopic (exact) mass is 330 g/mol. The molecule has 0 atom stereocenters. The van der Waals surface area contributed by atoms with E-state index in [9.17, 15) is 0 Å². The molecule has 0 amide bonds. The molecular weight excluding hydrogens is 316 g/mol. The maximum absolute atomic E-state index is 5.37. The Morgan fingerprint density at radius 1 is 0.950 bits per heavy atom. The smallest absolute Gasteiger partial charge is 0.134 e. The molecular formula is C17H15BrO2. The number of methoxy groups -OCH3 is 2. The van der Waals surface area contributed by atoms with Gasteiger partial charge in [-0.3, -0.25) is 0 Å². The van der Waals surface area contributed by atoms with Crippen molar-refractivity contribution >= 4 is 15.9 Å². The molecule has 0 unspecified atom stereocenters. The van der Waals surface area contributed by atoms with Crippen molar-refractivity contribution in [2.24, 2.45) is 0 Å². The summed E-state index contributed by atoms with van der Waals surface area (Å²) in [5.74, 6) is 7.89. The first kappa shape index (κ1) is 14.5. The minimum absolute atomic E-state index is 0.794. The number of halogens is 1. The molecule has 0 bridgehead atoms. The Labute approximate surface area is 127 Å². The minimum Gasteiger partial charge on any atom is -0.497 e. The van der Waals surface area contributed by atoms with Crippen LogP contribution in [0.5, 0.6) is 11.5 Å². The van der Waals surface area contributed by atoms with E-state index in [1.54, 1.807) is 14.2 Å². The zero-order chi connectivity index (χ0) is 14.4. The topological polar surface area (TPSA) is 18.5 Å². The third kappa shape index (κ3) is 3.55. The standard InChI is InChI=1S/C17H15BrO2/c1-19-16-9-5-13(6-10-16)3-7-15-8-4-14(12-18)11-17(15)20-2/h4-6,8-11H,12H2,1-2H3. The first-order chi connectivity index (χ1) is 9.76. The SMILES string of the molecule is COc1ccc(C#Cc2ccc(CBr)cc2OC)cc1. The van der Waals surface area contributed by atoms with Gasteiger partial charge in [0, 0.05) is 10.9 Å². The van der Waals surface area contributed by atoms with Gasteiger partial charge in [0.1, 0.15) is 11.5 Å². The maximum Gasteiger partial charge on any atom is 0.134 e. The van der Waals surface area contributed by atoms with E-state index in [1.807, 2.05) is 42.5 Å². The van der Waals surface area contributed by atoms with Crippen LogP contribution in [-0.4, -0.2) is 14.2 Å². The summed E-state index contributed by atoms with van der Waals surface area (Å²) in [4.78, 5) is 0. The molecule has 0 saturated heterocycles. The molecule has 0 saturated carbocycles. The van der Waals surface area contributed by atoms with Gasteiger partial charge in [-0.2, -0.15) is 0 Å². The summed E-state index contributed by atoms with van der Waals surface area (Å²) >= 11 is 3.43. The van der Waals surface area contributed by atoms with E-state index in [0.717, 1.165) is 33.5 Å². The predicted octanol–water partition coefficient (Wildman–Crippen LogP) is 4.00. The van der Waals surface area contributed by atoms with Gasteiger partial charge < -0.3 is 9.47 Å². The highest BCUT2D eigenvalue weighted by atomic mass is 79.9. The number of rotatable bonds is 3. The lowest BCUT2D eigenvalue weighted by molar-refractivity contribution is 0.413. The molecule has 0 fully saturated rings. The summed E-state index contributed by atoms with van der Waals surface area (Å²) in [5, 5.41) is 0.801. The Hall–Kier alpha value is -1.92. The van der Waals surface area contributed by atoms with Crippen molar-refractivity contribution < 1.29 is 9.47 Å². The lowest BCUT2D eigenvalue weighted by Gasteiger charge is -2.04. The Kier molecular flexibility index (Phi) is 5.09. The zero-order valence-electron chi connectivity index (χ0n) is 11.4. The summed E-state index contributed by atoms with van der Waals surface area (Å²) in [7, 11) is 3.31. The molecule has 0 aliphatic heterocycles. The van der Waals surface area contributed by atoms with Crippen LogP contribution in [0.2, 0.25) is 0 Å². The van der Waals surface area contributed by atoms with Crippen LogP contribution in [0.25, 0.3) is 0 Å². The number of hydrogen-bond donors (Lipinski definition) is 0. The van der Waals surface area contributed by atoms with Gasteiger partial charge in [0.05, 0.1) is 19.8 Å². The van der Waals surface area contributed by atoms with E-state index in [4.69, 9.17) is 9.47 Å². The summed E-state index contributed by atoms with van der Waals surface area (Å²) in [6.07, 6.45) is 0. The van der Waals surface area contributed by atoms with Crippen molar-refractivity contribution in [3.8, 4) is 23.3 Å². The molecule has 102 valence electrons. The number of hydrogen-bond acceptors (Lipinski definition) is 2. The van der Waals surface area contributed by atoms with E-state index >= 15 is 0 Å². The highest BCUT2D eigenvalue weighted by molar-refractivity contribution is 9.08. The van der Waals surface area contributed by atoms with Crippen LogP contribution < -0.4 is 9.47 Å². The molecule has 20 heavy (non-hydrogen) atoms. The fourth-order valence-electron chi connectivity index (χ4n) is 1.74. The summed E-state index contributed by atoms with van der Waals surface area (Å²) < 4.78 is 10.5. The fraction of sp³-hybridized carbons (Fsp3) is 0.176. The van der Waals surface area contributed by atoms with Crippen molar-refractivity contribution in [3.05, 3.63) is 59.2 Å². The van der Waals surface area contributed by atoms with Crippen molar-refractivity contribution in [2.75, 3.05) is 14.2 Å². The molecule has 0 heterocycles. The average Bonchev–Trinajstić information content (AvgIpc) is 2.53. The van der Waals surface area contributed by atoms with Gasteiger partial charge >= 0.3 is 0 Å². The van der Waals surface area contributed by atoms with Crippen molar-refractivity contribution in [1.29, 1.82) is 0 Å². The van der Waals surface area contributed by atoms with Crippen LogP contribution in [0, 0.1) is 11.8 Å². The van der Waals surface area contributed by atoms with Crippen LogP contribution in [-0.2, 0) is 5.33 Å². The minimum atomic E-state index is 0.794. The van der Waals surface area contributed by atoms with Gasteiger partial charge in [0.15, 0.2) is 0 Å². The third-order valence-corrected chi connectivity index (χ3v) is 3.50. The number of ether oxygens (including phenoxy) is 2. The van der Waals surface area contributed by atoms with E-state index < -0.39 is 0 Å². The molecule has 2 aromatic rings. The fourth-order valence-corrected chi connectivity index (χ4v) is 2.08. The van der Waals surface area contributed by atoms with E-state index in [-0.39, 0.29) is 0 Å². The van der Waals surface area contributed by atoms with Crippen LogP contribution in [0.15, 0.2) is 42.5 Å². The lowest BCUT2D eigenvalue weighted by atomic mass is 10.1.